The van der Waals surface area contributed by atoms with Gasteiger partial charge < -0.3 is 20.5 Å². The third-order valence-electron chi connectivity index (χ3n) is 3.72. The zero-order chi connectivity index (χ0) is 20.0. The highest BCUT2D eigenvalue weighted by molar-refractivity contribution is 7.10. The molecule has 0 aliphatic heterocycles. The van der Waals surface area contributed by atoms with Crippen molar-refractivity contribution in [1.82, 2.24) is 10.6 Å². The summed E-state index contributed by atoms with van der Waals surface area (Å²) in [6, 6.07) is 5.20. The quantitative estimate of drug-likeness (QED) is 0.638. The third kappa shape index (κ3) is 5.52. The van der Waals surface area contributed by atoms with Crippen LogP contribution < -0.4 is 15.4 Å². The van der Waals surface area contributed by atoms with E-state index in [4.69, 9.17) is 4.74 Å². The number of benzene rings is 1. The summed E-state index contributed by atoms with van der Waals surface area (Å²) in [4.78, 5) is 36.1. The summed E-state index contributed by atoms with van der Waals surface area (Å²) in [5.41, 5.74) is 0.0707. The second-order valence-corrected chi connectivity index (χ2v) is 6.68. The van der Waals surface area contributed by atoms with E-state index >= 15 is 0 Å². The van der Waals surface area contributed by atoms with Crippen LogP contribution in [0, 0.1) is 5.82 Å². The molecular weight excluding hydrogens is 375 g/mol. The fourth-order valence-electron chi connectivity index (χ4n) is 2.51. The van der Waals surface area contributed by atoms with Gasteiger partial charge in [0.15, 0.2) is 17.6 Å². The first-order valence-electron chi connectivity index (χ1n) is 7.98. The van der Waals surface area contributed by atoms with Crippen LogP contribution in [0.2, 0.25) is 0 Å². The Morgan fingerprint density at radius 3 is 2.52 bits per heavy atom. The van der Waals surface area contributed by atoms with Crippen LogP contribution in [0.3, 0.4) is 0 Å². The molecule has 27 heavy (non-hydrogen) atoms. The summed E-state index contributed by atoms with van der Waals surface area (Å²) >= 11 is 1.37. The first kappa shape index (κ1) is 20.4. The van der Waals surface area contributed by atoms with E-state index in [2.05, 4.69) is 10.6 Å². The van der Waals surface area contributed by atoms with Gasteiger partial charge in [0.25, 0.3) is 0 Å². The second kappa shape index (κ2) is 9.13. The Balaban J connectivity index is 2.15. The van der Waals surface area contributed by atoms with Gasteiger partial charge in [-0.3, -0.25) is 9.59 Å². The summed E-state index contributed by atoms with van der Waals surface area (Å²) in [6.45, 7) is 1.33. The van der Waals surface area contributed by atoms with Crippen molar-refractivity contribution in [2.24, 2.45) is 0 Å². The van der Waals surface area contributed by atoms with E-state index in [0.717, 1.165) is 10.9 Å². The number of nitrogens with one attached hydrogen (secondary N) is 2. The van der Waals surface area contributed by atoms with Crippen LogP contribution in [0.1, 0.15) is 35.9 Å². The van der Waals surface area contributed by atoms with Crippen LogP contribution in [0.4, 0.5) is 4.39 Å². The van der Waals surface area contributed by atoms with Gasteiger partial charge in [-0.15, -0.1) is 11.3 Å². The number of carboxylic acids is 1. The standard InChI is InChI=1S/C18H19FN2O5S/c1-10(22)20-13(15-4-3-7-27-15)9-16(23)21-17(18(24)25)11-5-6-14(26-2)12(19)8-11/h3-8,13,17H,9H2,1-2H3,(H,20,22)(H,21,23)(H,24,25). The van der Waals surface area contributed by atoms with Crippen molar-refractivity contribution in [3.8, 4) is 5.75 Å². The molecule has 0 fully saturated rings. The maximum absolute atomic E-state index is 13.9. The highest BCUT2D eigenvalue weighted by Gasteiger charge is 2.26. The minimum atomic E-state index is -1.43. The molecule has 7 nitrogen and oxygen atoms in total. The third-order valence-corrected chi connectivity index (χ3v) is 4.70. The van der Waals surface area contributed by atoms with Gasteiger partial charge in [0.2, 0.25) is 11.8 Å². The lowest BCUT2D eigenvalue weighted by atomic mass is 10.1. The van der Waals surface area contributed by atoms with E-state index in [1.54, 1.807) is 12.1 Å². The molecule has 0 bridgehead atoms. The molecule has 2 atom stereocenters. The lowest BCUT2D eigenvalue weighted by Crippen LogP contribution is -2.37. The minimum absolute atomic E-state index is 0.0300. The van der Waals surface area contributed by atoms with Gasteiger partial charge in [-0.1, -0.05) is 12.1 Å². The molecule has 2 unspecified atom stereocenters. The molecule has 2 aromatic rings. The van der Waals surface area contributed by atoms with Crippen molar-refractivity contribution < 1.29 is 28.6 Å². The number of aliphatic carboxylic acids is 1. The monoisotopic (exact) mass is 394 g/mol. The predicted molar refractivity (Wildman–Crippen MR) is 97.0 cm³/mol. The number of carbonyl (C=O) groups is 3. The molecule has 1 heterocycles. The van der Waals surface area contributed by atoms with E-state index < -0.39 is 29.8 Å². The Morgan fingerprint density at radius 2 is 2.00 bits per heavy atom. The Bertz CT molecular complexity index is 825. The smallest absolute Gasteiger partial charge is 0.330 e. The summed E-state index contributed by atoms with van der Waals surface area (Å²) in [5, 5.41) is 16.3. The molecule has 144 valence electrons. The molecule has 0 aliphatic rings. The number of carbonyl (C=O) groups excluding carboxylic acids is 2. The van der Waals surface area contributed by atoms with Crippen LogP contribution in [-0.4, -0.2) is 30.0 Å². The predicted octanol–water partition coefficient (Wildman–Crippen LogP) is 2.41. The van der Waals surface area contributed by atoms with Crippen molar-refractivity contribution in [1.29, 1.82) is 0 Å². The summed E-state index contributed by atoms with van der Waals surface area (Å²) in [5.74, 6) is -3.00. The lowest BCUT2D eigenvalue weighted by Gasteiger charge is -2.19. The van der Waals surface area contributed by atoms with Crippen molar-refractivity contribution in [3.63, 3.8) is 0 Å². The van der Waals surface area contributed by atoms with Crippen LogP contribution in [0.15, 0.2) is 35.7 Å². The Labute approximate surface area is 159 Å². The van der Waals surface area contributed by atoms with Gasteiger partial charge in [0.1, 0.15) is 0 Å². The molecule has 2 amide bonds. The number of hydrogen-bond acceptors (Lipinski definition) is 5. The van der Waals surface area contributed by atoms with E-state index in [9.17, 15) is 23.9 Å². The van der Waals surface area contributed by atoms with Gasteiger partial charge in [-0.2, -0.15) is 0 Å². The normalized spacial score (nSPS) is 12.7. The first-order chi connectivity index (χ1) is 12.8. The second-order valence-electron chi connectivity index (χ2n) is 5.71. The average Bonchev–Trinajstić information content (AvgIpc) is 3.13. The zero-order valence-corrected chi connectivity index (χ0v) is 15.5. The van der Waals surface area contributed by atoms with Crippen molar-refractivity contribution in [3.05, 3.63) is 52.0 Å². The molecule has 1 aromatic heterocycles. The van der Waals surface area contributed by atoms with Gasteiger partial charge >= 0.3 is 5.97 Å². The molecule has 9 heteroatoms. The molecule has 0 radical (unpaired) electrons. The first-order valence-corrected chi connectivity index (χ1v) is 8.86. The van der Waals surface area contributed by atoms with E-state index in [1.807, 2.05) is 5.38 Å². The number of rotatable bonds is 8. The van der Waals surface area contributed by atoms with Crippen molar-refractivity contribution in [2.75, 3.05) is 7.11 Å². The van der Waals surface area contributed by atoms with Crippen molar-refractivity contribution in [2.45, 2.75) is 25.4 Å². The number of halogens is 1. The number of methoxy groups -OCH3 is 1. The molecule has 1 aromatic carbocycles. The van der Waals surface area contributed by atoms with Crippen LogP contribution in [0.5, 0.6) is 5.75 Å². The number of thiophene rings is 1. The van der Waals surface area contributed by atoms with Crippen LogP contribution in [0.25, 0.3) is 0 Å². The topological polar surface area (TPSA) is 105 Å². The van der Waals surface area contributed by atoms with Gasteiger partial charge in [-0.05, 0) is 29.1 Å². The Morgan fingerprint density at radius 1 is 1.26 bits per heavy atom. The Hall–Kier alpha value is -2.94. The fraction of sp³-hybridized carbons (Fsp3) is 0.278. The van der Waals surface area contributed by atoms with Gasteiger partial charge in [0.05, 0.1) is 19.6 Å². The van der Waals surface area contributed by atoms with E-state index in [0.29, 0.717) is 0 Å². The minimum Gasteiger partial charge on any atom is -0.494 e. The average molecular weight is 394 g/mol. The summed E-state index contributed by atoms with van der Waals surface area (Å²) in [7, 11) is 1.29. The fourth-order valence-corrected chi connectivity index (χ4v) is 3.29. The van der Waals surface area contributed by atoms with Crippen molar-refractivity contribution >= 4 is 29.1 Å². The molecule has 0 spiro atoms. The lowest BCUT2D eigenvalue weighted by molar-refractivity contribution is -0.142. The van der Waals surface area contributed by atoms with Crippen LogP contribution >= 0.6 is 11.3 Å². The SMILES string of the molecule is COc1ccc(C(NC(=O)CC(NC(C)=O)c2cccs2)C(=O)O)cc1F. The number of carboxylic acid groups (broad SMARTS) is 1. The van der Waals surface area contributed by atoms with E-state index in [-0.39, 0.29) is 23.6 Å². The molecule has 3 N–H and O–H groups in total. The molecule has 0 aliphatic carbocycles. The van der Waals surface area contributed by atoms with Gasteiger partial charge in [0, 0.05) is 11.8 Å². The van der Waals surface area contributed by atoms with E-state index in [1.165, 1.54) is 37.5 Å². The maximum atomic E-state index is 13.9. The van der Waals surface area contributed by atoms with Crippen LogP contribution in [-0.2, 0) is 14.4 Å². The number of amides is 2. The molecule has 0 saturated carbocycles. The highest BCUT2D eigenvalue weighted by atomic mass is 32.1. The molecular formula is C18H19FN2O5S. The summed E-state index contributed by atoms with van der Waals surface area (Å²) < 4.78 is 18.7. The molecule has 2 rings (SSSR count). The molecule has 0 saturated heterocycles. The number of ether oxygens (including phenoxy) is 1. The maximum Gasteiger partial charge on any atom is 0.330 e. The zero-order valence-electron chi connectivity index (χ0n) is 14.7. The largest absolute Gasteiger partial charge is 0.494 e. The highest BCUT2D eigenvalue weighted by Crippen LogP contribution is 2.24. The number of hydrogen-bond donors (Lipinski definition) is 3. The Kier molecular flexibility index (Phi) is 6.89. The summed E-state index contributed by atoms with van der Waals surface area (Å²) in [6.07, 6.45) is -0.150. The van der Waals surface area contributed by atoms with Gasteiger partial charge in [-0.25, -0.2) is 9.18 Å².